The van der Waals surface area contributed by atoms with E-state index in [2.05, 4.69) is 15.9 Å². The number of nitrogens with two attached hydrogens (primary N) is 1. The Hall–Kier alpha value is -1.30. The number of hydrogen-bond acceptors (Lipinski definition) is 3. The van der Waals surface area contributed by atoms with Crippen LogP contribution in [0.15, 0.2) is 34.8 Å². The Morgan fingerprint density at radius 3 is 2.71 bits per heavy atom. The van der Waals surface area contributed by atoms with Crippen LogP contribution in [0, 0.1) is 5.82 Å². The summed E-state index contributed by atoms with van der Waals surface area (Å²) in [5.74, 6) is -1.11. The molecule has 2 N–H and O–H groups in total. The third kappa shape index (κ3) is 3.87. The molecule has 7 heteroatoms. The maximum absolute atomic E-state index is 13.1. The minimum absolute atomic E-state index is 0.0641. The zero-order valence-electron chi connectivity index (χ0n) is 10.5. The second kappa shape index (κ2) is 6.64. The first-order valence-corrected chi connectivity index (χ1v) is 7.29. The molecule has 0 aliphatic rings. The maximum atomic E-state index is 13.1. The zero-order valence-corrected chi connectivity index (χ0v) is 13.6. The van der Waals surface area contributed by atoms with Crippen LogP contribution >= 0.6 is 39.1 Å². The molecule has 0 amide bonds. The SMILES string of the molecule is Nc1cc(Cl)c(Cl)c(C(=O)OCc2cc(F)ccc2Br)c1. The Morgan fingerprint density at radius 1 is 1.29 bits per heavy atom. The zero-order chi connectivity index (χ0) is 15.6. The van der Waals surface area contributed by atoms with Crippen LogP contribution in [-0.4, -0.2) is 5.97 Å². The van der Waals surface area contributed by atoms with Gasteiger partial charge in [0, 0.05) is 15.7 Å². The second-order valence-corrected chi connectivity index (χ2v) is 5.82. The highest BCUT2D eigenvalue weighted by molar-refractivity contribution is 9.10. The molecule has 21 heavy (non-hydrogen) atoms. The van der Waals surface area contributed by atoms with Gasteiger partial charge in [0.05, 0.1) is 15.6 Å². The van der Waals surface area contributed by atoms with E-state index in [4.69, 9.17) is 33.7 Å². The van der Waals surface area contributed by atoms with Crippen molar-refractivity contribution in [1.29, 1.82) is 0 Å². The fourth-order valence-electron chi connectivity index (χ4n) is 1.63. The van der Waals surface area contributed by atoms with Crippen molar-refractivity contribution in [1.82, 2.24) is 0 Å². The fourth-order valence-corrected chi connectivity index (χ4v) is 2.41. The predicted octanol–water partition coefficient (Wildman–Crippen LogP) is 4.83. The van der Waals surface area contributed by atoms with E-state index in [0.717, 1.165) is 0 Å². The molecule has 0 heterocycles. The van der Waals surface area contributed by atoms with Gasteiger partial charge >= 0.3 is 5.97 Å². The number of esters is 1. The summed E-state index contributed by atoms with van der Waals surface area (Å²) in [5, 5.41) is 0.227. The first-order valence-electron chi connectivity index (χ1n) is 5.74. The number of ether oxygens (including phenoxy) is 1. The van der Waals surface area contributed by atoms with Gasteiger partial charge in [0.2, 0.25) is 0 Å². The van der Waals surface area contributed by atoms with Crippen LogP contribution in [0.25, 0.3) is 0 Å². The Kier molecular flexibility index (Phi) is 5.08. The fraction of sp³-hybridized carbons (Fsp3) is 0.0714. The number of hydrogen-bond donors (Lipinski definition) is 1. The predicted molar refractivity (Wildman–Crippen MR) is 84.1 cm³/mol. The van der Waals surface area contributed by atoms with E-state index in [1.54, 1.807) is 0 Å². The Morgan fingerprint density at radius 2 is 2.00 bits per heavy atom. The Bertz CT molecular complexity index is 710. The standard InChI is InChI=1S/C14H9BrCl2FNO2/c15-11-2-1-8(18)3-7(11)6-21-14(20)10-4-9(19)5-12(16)13(10)17/h1-5H,6,19H2. The molecular formula is C14H9BrCl2FNO2. The normalized spacial score (nSPS) is 10.5. The van der Waals surface area contributed by atoms with Crippen molar-refractivity contribution in [3.8, 4) is 0 Å². The van der Waals surface area contributed by atoms with E-state index in [-0.39, 0.29) is 22.2 Å². The summed E-state index contributed by atoms with van der Waals surface area (Å²) in [7, 11) is 0. The Balaban J connectivity index is 2.17. The lowest BCUT2D eigenvalue weighted by molar-refractivity contribution is 0.0472. The van der Waals surface area contributed by atoms with Crippen molar-refractivity contribution in [3.05, 3.63) is 61.8 Å². The molecule has 0 aromatic heterocycles. The molecule has 0 fully saturated rings. The Labute approximate surface area is 138 Å². The number of carbonyl (C=O) groups is 1. The van der Waals surface area contributed by atoms with Gasteiger partial charge in [-0.2, -0.15) is 0 Å². The molecule has 2 aromatic carbocycles. The van der Waals surface area contributed by atoms with Gasteiger partial charge in [-0.1, -0.05) is 39.1 Å². The lowest BCUT2D eigenvalue weighted by atomic mass is 10.2. The molecule has 3 nitrogen and oxygen atoms in total. The molecule has 0 aliphatic heterocycles. The largest absolute Gasteiger partial charge is 0.457 e. The average molecular weight is 393 g/mol. The van der Waals surface area contributed by atoms with Gasteiger partial charge in [0.1, 0.15) is 12.4 Å². The van der Waals surface area contributed by atoms with Gasteiger partial charge < -0.3 is 10.5 Å². The summed E-state index contributed by atoms with van der Waals surface area (Å²) in [5.41, 5.74) is 6.46. The van der Waals surface area contributed by atoms with E-state index >= 15 is 0 Å². The number of nitrogen functional groups attached to an aromatic ring is 1. The van der Waals surface area contributed by atoms with Crippen molar-refractivity contribution in [2.24, 2.45) is 0 Å². The van der Waals surface area contributed by atoms with Crippen LogP contribution in [0.5, 0.6) is 0 Å². The molecule has 0 atom stereocenters. The first kappa shape index (κ1) is 16.1. The third-order valence-electron chi connectivity index (χ3n) is 2.64. The van der Waals surface area contributed by atoms with Crippen molar-refractivity contribution >= 4 is 50.8 Å². The summed E-state index contributed by atoms with van der Waals surface area (Å²) < 4.78 is 18.9. The molecular weight excluding hydrogens is 384 g/mol. The van der Waals surface area contributed by atoms with Crippen LogP contribution in [0.3, 0.4) is 0 Å². The third-order valence-corrected chi connectivity index (χ3v) is 4.21. The van der Waals surface area contributed by atoms with Crippen molar-refractivity contribution in [2.75, 3.05) is 5.73 Å². The molecule has 0 radical (unpaired) electrons. The van der Waals surface area contributed by atoms with Crippen LogP contribution in [0.2, 0.25) is 10.0 Å². The monoisotopic (exact) mass is 391 g/mol. The van der Waals surface area contributed by atoms with E-state index in [9.17, 15) is 9.18 Å². The lowest BCUT2D eigenvalue weighted by Crippen LogP contribution is -2.07. The summed E-state index contributed by atoms with van der Waals surface area (Å²) in [6.45, 7) is -0.111. The van der Waals surface area contributed by atoms with Crippen LogP contribution in [0.1, 0.15) is 15.9 Å². The lowest BCUT2D eigenvalue weighted by Gasteiger charge is -2.09. The van der Waals surface area contributed by atoms with Gasteiger partial charge in [0.25, 0.3) is 0 Å². The van der Waals surface area contributed by atoms with Crippen LogP contribution < -0.4 is 5.73 Å². The highest BCUT2D eigenvalue weighted by Gasteiger charge is 2.16. The number of carbonyl (C=O) groups excluding carboxylic acids is 1. The van der Waals surface area contributed by atoms with E-state index in [1.165, 1.54) is 30.3 Å². The quantitative estimate of drug-likeness (QED) is 0.600. The summed E-state index contributed by atoms with van der Waals surface area (Å²) >= 11 is 15.0. The van der Waals surface area contributed by atoms with Crippen molar-refractivity contribution in [2.45, 2.75) is 6.61 Å². The molecule has 0 spiro atoms. The number of benzene rings is 2. The number of halogens is 4. The smallest absolute Gasteiger partial charge is 0.340 e. The highest BCUT2D eigenvalue weighted by Crippen LogP contribution is 2.29. The van der Waals surface area contributed by atoms with Gasteiger partial charge in [-0.25, -0.2) is 9.18 Å². The second-order valence-electron chi connectivity index (χ2n) is 4.18. The molecule has 0 bridgehead atoms. The van der Waals surface area contributed by atoms with Gasteiger partial charge in [-0.3, -0.25) is 0 Å². The van der Waals surface area contributed by atoms with Gasteiger partial charge in [-0.05, 0) is 30.3 Å². The summed E-state index contributed by atoms with van der Waals surface area (Å²) in [6.07, 6.45) is 0. The molecule has 0 saturated heterocycles. The van der Waals surface area contributed by atoms with Gasteiger partial charge in [0.15, 0.2) is 0 Å². The minimum Gasteiger partial charge on any atom is -0.457 e. The summed E-state index contributed by atoms with van der Waals surface area (Å²) in [4.78, 5) is 12.0. The van der Waals surface area contributed by atoms with Crippen molar-refractivity contribution < 1.29 is 13.9 Å². The molecule has 0 unspecified atom stereocenters. The van der Waals surface area contributed by atoms with E-state index < -0.39 is 11.8 Å². The van der Waals surface area contributed by atoms with E-state index in [0.29, 0.717) is 15.7 Å². The molecule has 0 aliphatic carbocycles. The summed E-state index contributed by atoms with van der Waals surface area (Å²) in [6, 6.07) is 6.90. The van der Waals surface area contributed by atoms with Crippen molar-refractivity contribution in [3.63, 3.8) is 0 Å². The van der Waals surface area contributed by atoms with Crippen LogP contribution in [-0.2, 0) is 11.3 Å². The molecule has 2 rings (SSSR count). The number of anilines is 1. The van der Waals surface area contributed by atoms with Gasteiger partial charge in [-0.15, -0.1) is 0 Å². The maximum Gasteiger partial charge on any atom is 0.340 e. The number of rotatable bonds is 3. The van der Waals surface area contributed by atoms with Crippen LogP contribution in [0.4, 0.5) is 10.1 Å². The molecule has 2 aromatic rings. The average Bonchev–Trinajstić information content (AvgIpc) is 2.43. The minimum atomic E-state index is -0.689. The molecule has 110 valence electrons. The van der Waals surface area contributed by atoms with E-state index in [1.807, 2.05) is 0 Å². The molecule has 0 saturated carbocycles. The topological polar surface area (TPSA) is 52.3 Å². The highest BCUT2D eigenvalue weighted by atomic mass is 79.9. The first-order chi connectivity index (χ1) is 9.88.